The van der Waals surface area contributed by atoms with Gasteiger partial charge in [0.15, 0.2) is 0 Å². The third-order valence-corrected chi connectivity index (χ3v) is 2.88. The highest BCUT2D eigenvalue weighted by Crippen LogP contribution is 2.08. The van der Waals surface area contributed by atoms with E-state index in [9.17, 15) is 4.79 Å². The Kier molecular flexibility index (Phi) is 5.22. The fourth-order valence-corrected chi connectivity index (χ4v) is 1.74. The van der Waals surface area contributed by atoms with Crippen LogP contribution in [-0.2, 0) is 11.3 Å². The quantitative estimate of drug-likeness (QED) is 0.845. The van der Waals surface area contributed by atoms with E-state index in [0.717, 1.165) is 18.4 Å². The molecule has 0 unspecified atom stereocenters. The summed E-state index contributed by atoms with van der Waals surface area (Å²) in [6.45, 7) is 4.53. The number of carbonyl (C=O) groups is 1. The minimum absolute atomic E-state index is 0.0918. The Labute approximate surface area is 102 Å². The first-order valence-corrected chi connectivity index (χ1v) is 5.98. The van der Waals surface area contributed by atoms with Gasteiger partial charge in [0.05, 0.1) is 11.6 Å². The first-order valence-electron chi connectivity index (χ1n) is 5.98. The zero-order valence-corrected chi connectivity index (χ0v) is 10.4. The van der Waals surface area contributed by atoms with E-state index in [4.69, 9.17) is 5.26 Å². The van der Waals surface area contributed by atoms with Gasteiger partial charge in [-0.1, -0.05) is 26.0 Å². The van der Waals surface area contributed by atoms with Crippen molar-refractivity contribution >= 4 is 5.91 Å². The molecule has 0 bridgehead atoms. The second kappa shape index (κ2) is 6.70. The summed E-state index contributed by atoms with van der Waals surface area (Å²) >= 11 is 0. The van der Waals surface area contributed by atoms with E-state index < -0.39 is 0 Å². The van der Waals surface area contributed by atoms with Gasteiger partial charge in [0.2, 0.25) is 5.91 Å². The van der Waals surface area contributed by atoms with Crippen LogP contribution in [-0.4, -0.2) is 5.91 Å². The van der Waals surface area contributed by atoms with Gasteiger partial charge >= 0.3 is 0 Å². The van der Waals surface area contributed by atoms with Crippen LogP contribution in [0.25, 0.3) is 0 Å². The molecule has 0 saturated carbocycles. The van der Waals surface area contributed by atoms with E-state index in [1.54, 1.807) is 12.1 Å². The van der Waals surface area contributed by atoms with Crippen LogP contribution in [0.2, 0.25) is 0 Å². The van der Waals surface area contributed by atoms with Gasteiger partial charge in [0.25, 0.3) is 0 Å². The van der Waals surface area contributed by atoms with Crippen molar-refractivity contribution in [1.82, 2.24) is 5.32 Å². The monoisotopic (exact) mass is 230 g/mol. The molecule has 0 atom stereocenters. The van der Waals surface area contributed by atoms with Crippen LogP contribution < -0.4 is 5.32 Å². The predicted octanol–water partition coefficient (Wildman–Crippen LogP) is 2.61. The first-order chi connectivity index (χ1) is 8.21. The van der Waals surface area contributed by atoms with Crippen molar-refractivity contribution in [1.29, 1.82) is 5.26 Å². The number of hydrogen-bond donors (Lipinski definition) is 1. The number of rotatable bonds is 5. The third kappa shape index (κ3) is 3.92. The SMILES string of the molecule is CCC(CC)C(=O)NCc1cccc(C#N)c1. The number of carbonyl (C=O) groups excluding carboxylic acids is 1. The van der Waals surface area contributed by atoms with Gasteiger partial charge in [0, 0.05) is 12.5 Å². The Morgan fingerprint density at radius 1 is 1.41 bits per heavy atom. The Hall–Kier alpha value is -1.82. The van der Waals surface area contributed by atoms with Gasteiger partial charge in [-0.2, -0.15) is 5.26 Å². The van der Waals surface area contributed by atoms with Crippen molar-refractivity contribution in [2.75, 3.05) is 0 Å². The average Bonchev–Trinajstić information content (AvgIpc) is 2.38. The summed E-state index contributed by atoms with van der Waals surface area (Å²) in [6, 6.07) is 9.38. The highest BCUT2D eigenvalue weighted by atomic mass is 16.1. The molecule has 3 heteroatoms. The maximum Gasteiger partial charge on any atom is 0.223 e. The van der Waals surface area contributed by atoms with Crippen molar-refractivity contribution in [3.63, 3.8) is 0 Å². The molecule has 1 aromatic rings. The number of nitrogens with one attached hydrogen (secondary N) is 1. The molecular weight excluding hydrogens is 212 g/mol. The lowest BCUT2D eigenvalue weighted by atomic mass is 10.0. The molecule has 0 aliphatic carbocycles. The summed E-state index contributed by atoms with van der Waals surface area (Å²) in [4.78, 5) is 11.8. The van der Waals surface area contributed by atoms with Crippen molar-refractivity contribution < 1.29 is 4.79 Å². The molecule has 0 aromatic heterocycles. The molecule has 17 heavy (non-hydrogen) atoms. The van der Waals surface area contributed by atoms with Crippen LogP contribution in [0.4, 0.5) is 0 Å². The number of hydrogen-bond acceptors (Lipinski definition) is 2. The normalized spacial score (nSPS) is 10.0. The van der Waals surface area contributed by atoms with Crippen molar-refractivity contribution in [3.8, 4) is 6.07 Å². The zero-order chi connectivity index (χ0) is 12.7. The van der Waals surface area contributed by atoms with Gasteiger partial charge in [-0.15, -0.1) is 0 Å². The van der Waals surface area contributed by atoms with Gasteiger partial charge in [0.1, 0.15) is 0 Å². The minimum atomic E-state index is 0.0918. The van der Waals surface area contributed by atoms with E-state index in [0.29, 0.717) is 12.1 Å². The highest BCUT2D eigenvalue weighted by molar-refractivity contribution is 5.78. The number of nitriles is 1. The number of amides is 1. The van der Waals surface area contributed by atoms with Gasteiger partial charge in [-0.3, -0.25) is 4.79 Å². The summed E-state index contributed by atoms with van der Waals surface area (Å²) in [5, 5.41) is 11.7. The Morgan fingerprint density at radius 3 is 2.71 bits per heavy atom. The summed E-state index contributed by atoms with van der Waals surface area (Å²) in [5.41, 5.74) is 1.59. The second-order valence-corrected chi connectivity index (χ2v) is 4.04. The molecule has 0 fully saturated rings. The molecule has 0 radical (unpaired) electrons. The first kappa shape index (κ1) is 13.2. The van der Waals surface area contributed by atoms with Crippen molar-refractivity contribution in [2.24, 2.45) is 5.92 Å². The fourth-order valence-electron chi connectivity index (χ4n) is 1.74. The Bertz CT molecular complexity index is 416. The largest absolute Gasteiger partial charge is 0.352 e. The van der Waals surface area contributed by atoms with Crippen LogP contribution >= 0.6 is 0 Å². The average molecular weight is 230 g/mol. The van der Waals surface area contributed by atoms with E-state index in [1.807, 2.05) is 26.0 Å². The number of nitrogens with zero attached hydrogens (tertiary/aromatic N) is 1. The lowest BCUT2D eigenvalue weighted by molar-refractivity contribution is -0.125. The lowest BCUT2D eigenvalue weighted by Gasteiger charge is -2.12. The minimum Gasteiger partial charge on any atom is -0.352 e. The molecule has 1 amide bonds. The molecule has 0 heterocycles. The summed E-state index contributed by atoms with van der Waals surface area (Å²) in [6.07, 6.45) is 1.72. The van der Waals surface area contributed by atoms with Crippen molar-refractivity contribution in [2.45, 2.75) is 33.2 Å². The van der Waals surface area contributed by atoms with Crippen LogP contribution in [0.3, 0.4) is 0 Å². The molecule has 0 aliphatic rings. The van der Waals surface area contributed by atoms with Crippen LogP contribution in [0.1, 0.15) is 37.8 Å². The van der Waals surface area contributed by atoms with E-state index in [1.165, 1.54) is 0 Å². The maximum absolute atomic E-state index is 11.8. The smallest absolute Gasteiger partial charge is 0.223 e. The van der Waals surface area contributed by atoms with E-state index >= 15 is 0 Å². The van der Waals surface area contributed by atoms with E-state index in [2.05, 4.69) is 11.4 Å². The van der Waals surface area contributed by atoms with Crippen LogP contribution in [0.5, 0.6) is 0 Å². The molecule has 0 saturated heterocycles. The van der Waals surface area contributed by atoms with Crippen LogP contribution in [0.15, 0.2) is 24.3 Å². The van der Waals surface area contributed by atoms with Gasteiger partial charge in [-0.05, 0) is 30.5 Å². The van der Waals surface area contributed by atoms with Gasteiger partial charge < -0.3 is 5.32 Å². The molecule has 3 nitrogen and oxygen atoms in total. The number of benzene rings is 1. The summed E-state index contributed by atoms with van der Waals surface area (Å²) in [5.74, 6) is 0.187. The maximum atomic E-state index is 11.8. The molecule has 1 N–H and O–H groups in total. The molecule has 1 rings (SSSR count). The predicted molar refractivity (Wildman–Crippen MR) is 67.1 cm³/mol. The standard InChI is InChI=1S/C14H18N2O/c1-3-13(4-2)14(17)16-10-12-7-5-6-11(8-12)9-15/h5-8,13H,3-4,10H2,1-2H3,(H,16,17). The summed E-state index contributed by atoms with van der Waals surface area (Å²) in [7, 11) is 0. The third-order valence-electron chi connectivity index (χ3n) is 2.88. The van der Waals surface area contributed by atoms with Gasteiger partial charge in [-0.25, -0.2) is 0 Å². The lowest BCUT2D eigenvalue weighted by Crippen LogP contribution is -2.29. The Morgan fingerprint density at radius 2 is 2.12 bits per heavy atom. The Balaban J connectivity index is 2.55. The van der Waals surface area contributed by atoms with Crippen molar-refractivity contribution in [3.05, 3.63) is 35.4 Å². The molecule has 1 aromatic carbocycles. The van der Waals surface area contributed by atoms with Crippen LogP contribution in [0, 0.1) is 17.2 Å². The molecule has 0 aliphatic heterocycles. The topological polar surface area (TPSA) is 52.9 Å². The fraction of sp³-hybridized carbons (Fsp3) is 0.429. The van der Waals surface area contributed by atoms with E-state index in [-0.39, 0.29) is 11.8 Å². The summed E-state index contributed by atoms with van der Waals surface area (Å²) < 4.78 is 0. The molecular formula is C14H18N2O. The molecule has 90 valence electrons. The zero-order valence-electron chi connectivity index (χ0n) is 10.4. The highest BCUT2D eigenvalue weighted by Gasteiger charge is 2.13. The molecule has 0 spiro atoms. The second-order valence-electron chi connectivity index (χ2n) is 4.04.